The number of carbonyl (C=O) groups excluding carboxylic acids is 3. The molecule has 29 heavy (non-hydrogen) atoms. The van der Waals surface area contributed by atoms with Crippen LogP contribution >= 0.6 is 0 Å². The van der Waals surface area contributed by atoms with E-state index in [0.717, 1.165) is 0 Å². The fourth-order valence-corrected chi connectivity index (χ4v) is 2.58. The van der Waals surface area contributed by atoms with E-state index in [2.05, 4.69) is 13.2 Å². The van der Waals surface area contributed by atoms with E-state index in [-0.39, 0.29) is 53.6 Å². The van der Waals surface area contributed by atoms with Crippen molar-refractivity contribution in [1.82, 2.24) is 0 Å². The third-order valence-electron chi connectivity index (χ3n) is 3.60. The SMILES string of the molecule is C=C(C)C(=O)OCC(CCC)(COC(=O)C(=C)C)C(=O)OCCCS(=O)(=O)O.[MgH2]. The monoisotopic (exact) mass is 446 g/mol. The molecule has 1 N–H and O–H groups in total. The van der Waals surface area contributed by atoms with Crippen LogP contribution < -0.4 is 0 Å². The van der Waals surface area contributed by atoms with E-state index in [1.807, 2.05) is 0 Å². The molecule has 9 nitrogen and oxygen atoms in total. The highest BCUT2D eigenvalue weighted by Crippen LogP contribution is 2.28. The molecule has 0 saturated carbocycles. The molecule has 164 valence electrons. The van der Waals surface area contributed by atoms with Gasteiger partial charge in [0.25, 0.3) is 10.1 Å². The molecule has 0 aromatic carbocycles. The largest absolute Gasteiger partial charge is 0.465 e. The van der Waals surface area contributed by atoms with Gasteiger partial charge in [0.1, 0.15) is 18.6 Å². The van der Waals surface area contributed by atoms with Crippen LogP contribution in [0, 0.1) is 5.41 Å². The molecule has 0 aromatic heterocycles. The van der Waals surface area contributed by atoms with Crippen LogP contribution in [-0.2, 0) is 38.7 Å². The van der Waals surface area contributed by atoms with Gasteiger partial charge in [-0.15, -0.1) is 0 Å². The second-order valence-corrected chi connectivity index (χ2v) is 8.09. The van der Waals surface area contributed by atoms with Crippen molar-refractivity contribution in [3.63, 3.8) is 0 Å². The van der Waals surface area contributed by atoms with Crippen LogP contribution in [0.5, 0.6) is 0 Å². The second-order valence-electron chi connectivity index (χ2n) is 6.52. The number of esters is 3. The van der Waals surface area contributed by atoms with Crippen molar-refractivity contribution in [3.8, 4) is 0 Å². The fourth-order valence-electron chi connectivity index (χ4n) is 2.10. The Bertz CT molecular complexity index is 683. The summed E-state index contributed by atoms with van der Waals surface area (Å²) >= 11 is 0. The molecule has 0 aliphatic heterocycles. The van der Waals surface area contributed by atoms with Gasteiger partial charge in [0, 0.05) is 11.1 Å². The van der Waals surface area contributed by atoms with Gasteiger partial charge in [0.2, 0.25) is 0 Å². The Morgan fingerprint density at radius 2 is 1.41 bits per heavy atom. The summed E-state index contributed by atoms with van der Waals surface area (Å²) in [6, 6.07) is 0. The van der Waals surface area contributed by atoms with Gasteiger partial charge in [0.15, 0.2) is 0 Å². The van der Waals surface area contributed by atoms with Crippen molar-refractivity contribution in [2.45, 2.75) is 40.0 Å². The van der Waals surface area contributed by atoms with Crippen LogP contribution in [-0.4, -0.2) is 79.5 Å². The molecule has 11 heteroatoms. The number of hydrogen-bond acceptors (Lipinski definition) is 8. The maximum atomic E-state index is 12.7. The first kappa shape index (κ1) is 29.8. The van der Waals surface area contributed by atoms with Gasteiger partial charge in [-0.1, -0.05) is 26.5 Å². The Morgan fingerprint density at radius 3 is 1.76 bits per heavy atom. The smallest absolute Gasteiger partial charge is 0.333 e. The van der Waals surface area contributed by atoms with E-state index >= 15 is 0 Å². The molecule has 0 aliphatic rings. The zero-order chi connectivity index (χ0) is 22.0. The summed E-state index contributed by atoms with van der Waals surface area (Å²) in [6.07, 6.45) is 0.538. The molecular weight excluding hydrogens is 417 g/mol. The average Bonchev–Trinajstić information content (AvgIpc) is 2.59. The molecule has 0 rings (SSSR count). The summed E-state index contributed by atoms with van der Waals surface area (Å²) in [6.45, 7) is 10.5. The van der Waals surface area contributed by atoms with E-state index in [1.54, 1.807) is 6.92 Å². The van der Waals surface area contributed by atoms with Crippen LogP contribution in [0.2, 0.25) is 0 Å². The number of carbonyl (C=O) groups is 3. The number of rotatable bonds is 13. The van der Waals surface area contributed by atoms with E-state index in [4.69, 9.17) is 18.8 Å². The predicted molar refractivity (Wildman–Crippen MR) is 109 cm³/mol. The van der Waals surface area contributed by atoms with Crippen molar-refractivity contribution in [2.75, 3.05) is 25.6 Å². The van der Waals surface area contributed by atoms with Crippen LogP contribution in [0.3, 0.4) is 0 Å². The Kier molecular flexibility index (Phi) is 14.1. The molecule has 0 radical (unpaired) electrons. The van der Waals surface area contributed by atoms with Crippen LogP contribution in [0.15, 0.2) is 24.3 Å². The van der Waals surface area contributed by atoms with Gasteiger partial charge in [0.05, 0.1) is 12.4 Å². The minimum Gasteiger partial charge on any atom is -0.465 e. The van der Waals surface area contributed by atoms with Crippen molar-refractivity contribution < 1.29 is 41.6 Å². The molecule has 0 heterocycles. The summed E-state index contributed by atoms with van der Waals surface area (Å²) in [5, 5.41) is 0. The van der Waals surface area contributed by atoms with Gasteiger partial charge < -0.3 is 14.2 Å². The lowest BCUT2D eigenvalue weighted by Crippen LogP contribution is -2.43. The highest BCUT2D eigenvalue weighted by atomic mass is 32.2. The minimum absolute atomic E-state index is 0. The summed E-state index contributed by atoms with van der Waals surface area (Å²) in [5.41, 5.74) is -1.21. The summed E-state index contributed by atoms with van der Waals surface area (Å²) in [4.78, 5) is 36.2. The predicted octanol–water partition coefficient (Wildman–Crippen LogP) is 0.916. The topological polar surface area (TPSA) is 133 Å². The Balaban J connectivity index is 0. The van der Waals surface area contributed by atoms with Crippen LogP contribution in [0.25, 0.3) is 0 Å². The Labute approximate surface area is 187 Å². The maximum Gasteiger partial charge on any atom is 0.333 e. The zero-order valence-electron chi connectivity index (χ0n) is 16.5. The standard InChI is InChI=1S/C18H28O9S.Mg.2H/c1-6-8-18(11-26-15(19)13(2)3,12-27-16(20)14(4)5)17(21)25-9-7-10-28(22,23)24;;;/h2,4,6-12H2,1,3,5H3,(H,22,23,24);;;. The summed E-state index contributed by atoms with van der Waals surface area (Å²) in [5.74, 6) is -2.82. The van der Waals surface area contributed by atoms with Crippen LogP contribution in [0.1, 0.15) is 40.0 Å². The van der Waals surface area contributed by atoms with Gasteiger partial charge >= 0.3 is 41.0 Å². The lowest BCUT2D eigenvalue weighted by atomic mass is 9.85. The van der Waals surface area contributed by atoms with Gasteiger partial charge in [-0.05, 0) is 26.7 Å². The normalized spacial score (nSPS) is 11.0. The number of ether oxygens (including phenoxy) is 3. The molecule has 0 spiro atoms. The quantitative estimate of drug-likeness (QED) is 0.109. The molecule has 0 saturated heterocycles. The second kappa shape index (κ2) is 13.7. The highest BCUT2D eigenvalue weighted by molar-refractivity contribution is 7.85. The highest BCUT2D eigenvalue weighted by Gasteiger charge is 2.42. The first-order valence-corrected chi connectivity index (χ1v) is 10.2. The maximum absolute atomic E-state index is 12.7. The van der Waals surface area contributed by atoms with Crippen molar-refractivity contribution in [1.29, 1.82) is 0 Å². The lowest BCUT2D eigenvalue weighted by molar-refractivity contribution is -0.170. The fraction of sp³-hybridized carbons (Fsp3) is 0.611. The van der Waals surface area contributed by atoms with Crippen molar-refractivity contribution in [2.24, 2.45) is 5.41 Å². The molecule has 0 unspecified atom stereocenters. The lowest BCUT2D eigenvalue weighted by Gasteiger charge is -2.30. The molecule has 0 amide bonds. The molecule has 0 bridgehead atoms. The van der Waals surface area contributed by atoms with Crippen molar-refractivity contribution >= 4 is 51.1 Å². The van der Waals surface area contributed by atoms with E-state index in [0.29, 0.717) is 6.42 Å². The third kappa shape index (κ3) is 12.0. The van der Waals surface area contributed by atoms with E-state index in [1.165, 1.54) is 13.8 Å². The van der Waals surface area contributed by atoms with E-state index < -0.39 is 52.4 Å². The van der Waals surface area contributed by atoms with Gasteiger partial charge in [-0.3, -0.25) is 9.35 Å². The third-order valence-corrected chi connectivity index (χ3v) is 4.40. The Morgan fingerprint density at radius 1 is 0.966 bits per heavy atom. The van der Waals surface area contributed by atoms with Crippen molar-refractivity contribution in [3.05, 3.63) is 24.3 Å². The summed E-state index contributed by atoms with van der Waals surface area (Å²) < 4.78 is 45.5. The summed E-state index contributed by atoms with van der Waals surface area (Å²) in [7, 11) is -4.18. The molecule has 0 atom stereocenters. The molecule has 0 fully saturated rings. The molecule has 0 aromatic rings. The first-order valence-electron chi connectivity index (χ1n) is 8.62. The van der Waals surface area contributed by atoms with Gasteiger partial charge in [-0.25, -0.2) is 9.59 Å². The van der Waals surface area contributed by atoms with E-state index in [9.17, 15) is 22.8 Å². The minimum atomic E-state index is -4.18. The number of hydrogen-bond donors (Lipinski definition) is 1. The zero-order valence-corrected chi connectivity index (χ0v) is 17.3. The molecular formula is C18H30MgO9S. The first-order chi connectivity index (χ1) is 12.8. The van der Waals surface area contributed by atoms with Crippen LogP contribution in [0.4, 0.5) is 0 Å². The van der Waals surface area contributed by atoms with Gasteiger partial charge in [-0.2, -0.15) is 8.42 Å². The molecule has 0 aliphatic carbocycles. The Hall–Kier alpha value is -1.43. The average molecular weight is 447 g/mol.